The molecule has 3 aromatic rings. The summed E-state index contributed by atoms with van der Waals surface area (Å²) >= 11 is 0. The van der Waals surface area contributed by atoms with Gasteiger partial charge in [0.15, 0.2) is 5.82 Å². The molecule has 1 atom stereocenters. The van der Waals surface area contributed by atoms with Crippen molar-refractivity contribution in [3.05, 3.63) is 66.6 Å². The standard InChI is InChI=1S/C17H17N5O2/c1-13(24-12-14-5-3-2-4-6-14)17(23)21-15-7-8-16(18-11-15)22-19-9-10-20-22/h2-11,13H,12H2,1H3,(H,21,23)/t13-/m0/s1. The Labute approximate surface area is 139 Å². The number of rotatable bonds is 6. The molecule has 0 fully saturated rings. The van der Waals surface area contributed by atoms with Crippen molar-refractivity contribution in [1.29, 1.82) is 0 Å². The molecule has 2 heterocycles. The zero-order valence-electron chi connectivity index (χ0n) is 13.2. The molecule has 122 valence electrons. The fourth-order valence-corrected chi connectivity index (χ4v) is 2.03. The summed E-state index contributed by atoms with van der Waals surface area (Å²) in [5, 5.41) is 10.8. The van der Waals surface area contributed by atoms with Crippen molar-refractivity contribution in [3.8, 4) is 5.82 Å². The van der Waals surface area contributed by atoms with E-state index >= 15 is 0 Å². The molecule has 0 saturated heterocycles. The Balaban J connectivity index is 1.54. The number of carbonyl (C=O) groups excluding carboxylic acids is 1. The molecule has 1 N–H and O–H groups in total. The average molecular weight is 323 g/mol. The van der Waals surface area contributed by atoms with Crippen molar-refractivity contribution < 1.29 is 9.53 Å². The smallest absolute Gasteiger partial charge is 0.253 e. The molecule has 24 heavy (non-hydrogen) atoms. The van der Waals surface area contributed by atoms with E-state index in [2.05, 4.69) is 20.5 Å². The number of hydrogen-bond donors (Lipinski definition) is 1. The predicted octanol–water partition coefficient (Wildman–Crippen LogP) is 2.21. The van der Waals surface area contributed by atoms with Gasteiger partial charge in [-0.15, -0.1) is 4.80 Å². The van der Waals surface area contributed by atoms with Gasteiger partial charge >= 0.3 is 0 Å². The highest BCUT2D eigenvalue weighted by atomic mass is 16.5. The highest BCUT2D eigenvalue weighted by Gasteiger charge is 2.14. The van der Waals surface area contributed by atoms with Gasteiger partial charge in [-0.2, -0.15) is 10.2 Å². The molecule has 7 heteroatoms. The quantitative estimate of drug-likeness (QED) is 0.752. The summed E-state index contributed by atoms with van der Waals surface area (Å²) in [6, 6.07) is 13.2. The summed E-state index contributed by atoms with van der Waals surface area (Å²) in [6.45, 7) is 2.10. The zero-order chi connectivity index (χ0) is 16.8. The third-order valence-electron chi connectivity index (χ3n) is 3.35. The van der Waals surface area contributed by atoms with Crippen LogP contribution >= 0.6 is 0 Å². The largest absolute Gasteiger partial charge is 0.364 e. The zero-order valence-corrected chi connectivity index (χ0v) is 13.2. The van der Waals surface area contributed by atoms with Crippen molar-refractivity contribution in [3.63, 3.8) is 0 Å². The van der Waals surface area contributed by atoms with E-state index in [1.807, 2.05) is 30.3 Å². The summed E-state index contributed by atoms with van der Waals surface area (Å²) in [5.74, 6) is 0.351. The maximum atomic E-state index is 12.2. The predicted molar refractivity (Wildman–Crippen MR) is 88.5 cm³/mol. The van der Waals surface area contributed by atoms with E-state index in [4.69, 9.17) is 4.74 Å². The highest BCUT2D eigenvalue weighted by molar-refractivity contribution is 5.93. The molecule has 3 rings (SSSR count). The van der Waals surface area contributed by atoms with Crippen molar-refractivity contribution in [1.82, 2.24) is 20.0 Å². The number of aromatic nitrogens is 4. The van der Waals surface area contributed by atoms with Crippen molar-refractivity contribution >= 4 is 11.6 Å². The normalized spacial score (nSPS) is 11.9. The molecule has 1 amide bonds. The Morgan fingerprint density at radius 3 is 2.58 bits per heavy atom. The molecule has 1 aromatic carbocycles. The summed E-state index contributed by atoms with van der Waals surface area (Å²) in [7, 11) is 0. The van der Waals surface area contributed by atoms with Crippen molar-refractivity contribution in [2.45, 2.75) is 19.6 Å². The Morgan fingerprint density at radius 2 is 1.92 bits per heavy atom. The van der Waals surface area contributed by atoms with E-state index in [1.165, 1.54) is 4.80 Å². The highest BCUT2D eigenvalue weighted by Crippen LogP contribution is 2.10. The van der Waals surface area contributed by atoms with Gasteiger partial charge in [0.1, 0.15) is 6.10 Å². The molecule has 0 aliphatic heterocycles. The van der Waals surface area contributed by atoms with Crippen LogP contribution in [0.25, 0.3) is 5.82 Å². The molecule has 0 spiro atoms. The Hall–Kier alpha value is -3.06. The average Bonchev–Trinajstić information content (AvgIpc) is 3.16. The van der Waals surface area contributed by atoms with Crippen molar-refractivity contribution in [2.75, 3.05) is 5.32 Å². The minimum absolute atomic E-state index is 0.224. The fourth-order valence-electron chi connectivity index (χ4n) is 2.03. The van der Waals surface area contributed by atoms with Gasteiger partial charge in [-0.3, -0.25) is 4.79 Å². The van der Waals surface area contributed by atoms with Crippen LogP contribution in [0, 0.1) is 0 Å². The molecule has 0 unspecified atom stereocenters. The van der Waals surface area contributed by atoms with Crippen LogP contribution in [0.15, 0.2) is 61.1 Å². The maximum Gasteiger partial charge on any atom is 0.253 e. The van der Waals surface area contributed by atoms with Gasteiger partial charge in [0.05, 0.1) is 30.9 Å². The lowest BCUT2D eigenvalue weighted by atomic mass is 10.2. The number of carbonyl (C=O) groups is 1. The van der Waals surface area contributed by atoms with E-state index in [-0.39, 0.29) is 5.91 Å². The number of nitrogens with one attached hydrogen (secondary N) is 1. The van der Waals surface area contributed by atoms with E-state index < -0.39 is 6.10 Å². The van der Waals surface area contributed by atoms with Crippen LogP contribution in [-0.4, -0.2) is 32.0 Å². The van der Waals surface area contributed by atoms with Crippen LogP contribution in [0.2, 0.25) is 0 Å². The summed E-state index contributed by atoms with van der Waals surface area (Å²) in [5.41, 5.74) is 1.61. The number of anilines is 1. The molecule has 0 aliphatic carbocycles. The Morgan fingerprint density at radius 1 is 1.17 bits per heavy atom. The van der Waals surface area contributed by atoms with Crippen LogP contribution in [0.1, 0.15) is 12.5 Å². The summed E-state index contributed by atoms with van der Waals surface area (Å²) in [6.07, 6.45) is 4.13. The fraction of sp³-hybridized carbons (Fsp3) is 0.176. The van der Waals surface area contributed by atoms with Gasteiger partial charge in [0, 0.05) is 0 Å². The van der Waals surface area contributed by atoms with E-state index in [9.17, 15) is 4.79 Å². The minimum atomic E-state index is -0.572. The SMILES string of the molecule is C[C@H](OCc1ccccc1)C(=O)Nc1ccc(-n2nccn2)nc1. The first-order valence-corrected chi connectivity index (χ1v) is 7.51. The molecule has 0 bridgehead atoms. The molecule has 0 radical (unpaired) electrons. The van der Waals surface area contributed by atoms with Gasteiger partial charge in [-0.25, -0.2) is 4.98 Å². The molecule has 2 aromatic heterocycles. The first-order chi connectivity index (χ1) is 11.7. The Bertz CT molecular complexity index is 773. The van der Waals surface area contributed by atoms with Crippen LogP contribution < -0.4 is 5.32 Å². The van der Waals surface area contributed by atoms with Gasteiger partial charge in [0.2, 0.25) is 0 Å². The first-order valence-electron chi connectivity index (χ1n) is 7.51. The lowest BCUT2D eigenvalue weighted by Gasteiger charge is -2.13. The van der Waals surface area contributed by atoms with E-state index in [1.54, 1.807) is 37.6 Å². The minimum Gasteiger partial charge on any atom is -0.364 e. The number of hydrogen-bond acceptors (Lipinski definition) is 5. The molecule has 7 nitrogen and oxygen atoms in total. The van der Waals surface area contributed by atoms with Gasteiger partial charge in [-0.05, 0) is 24.6 Å². The molecular formula is C17H17N5O2. The topological polar surface area (TPSA) is 81.9 Å². The van der Waals surface area contributed by atoms with E-state index in [0.29, 0.717) is 18.1 Å². The summed E-state index contributed by atoms with van der Waals surface area (Å²) in [4.78, 5) is 17.8. The second-order valence-corrected chi connectivity index (χ2v) is 5.15. The van der Waals surface area contributed by atoms with Gasteiger partial charge in [0.25, 0.3) is 5.91 Å². The number of benzene rings is 1. The monoisotopic (exact) mass is 323 g/mol. The second kappa shape index (κ2) is 7.47. The number of amides is 1. The van der Waals surface area contributed by atoms with Crippen LogP contribution in [0.3, 0.4) is 0 Å². The maximum absolute atomic E-state index is 12.2. The number of nitrogens with zero attached hydrogens (tertiary/aromatic N) is 4. The summed E-state index contributed by atoms with van der Waals surface area (Å²) < 4.78 is 5.59. The third-order valence-corrected chi connectivity index (χ3v) is 3.35. The van der Waals surface area contributed by atoms with Gasteiger partial charge < -0.3 is 10.1 Å². The third kappa shape index (κ3) is 4.02. The number of ether oxygens (including phenoxy) is 1. The number of pyridine rings is 1. The second-order valence-electron chi connectivity index (χ2n) is 5.15. The molecule has 0 aliphatic rings. The lowest BCUT2D eigenvalue weighted by Crippen LogP contribution is -2.27. The molecular weight excluding hydrogens is 306 g/mol. The molecule has 0 saturated carbocycles. The van der Waals surface area contributed by atoms with Crippen molar-refractivity contribution in [2.24, 2.45) is 0 Å². The van der Waals surface area contributed by atoms with Crippen LogP contribution in [0.4, 0.5) is 5.69 Å². The Kier molecular flexibility index (Phi) is 4.93. The van der Waals surface area contributed by atoms with Crippen LogP contribution in [0.5, 0.6) is 0 Å². The van der Waals surface area contributed by atoms with Crippen LogP contribution in [-0.2, 0) is 16.1 Å². The van der Waals surface area contributed by atoms with E-state index in [0.717, 1.165) is 5.56 Å². The first kappa shape index (κ1) is 15.8. The lowest BCUT2D eigenvalue weighted by molar-refractivity contribution is -0.127. The van der Waals surface area contributed by atoms with Gasteiger partial charge in [-0.1, -0.05) is 30.3 Å².